The molecule has 1 aliphatic heterocycles. The van der Waals surface area contributed by atoms with Gasteiger partial charge >= 0.3 is 5.69 Å². The molecule has 3 heterocycles. The summed E-state index contributed by atoms with van der Waals surface area (Å²) in [6.07, 6.45) is 4.10. The number of benzene rings is 1. The second-order valence-electron chi connectivity index (χ2n) is 7.58. The topological polar surface area (TPSA) is 65.1 Å². The monoisotopic (exact) mass is 381 g/mol. The molecule has 0 amide bonds. The number of imidazole rings is 1. The molecule has 4 rings (SSSR count). The van der Waals surface area contributed by atoms with Gasteiger partial charge in [0.15, 0.2) is 11.2 Å². The molecule has 0 radical (unpaired) electrons. The van der Waals surface area contributed by atoms with E-state index in [2.05, 4.69) is 48.0 Å². The Bertz CT molecular complexity index is 1120. The third kappa shape index (κ3) is 2.95. The summed E-state index contributed by atoms with van der Waals surface area (Å²) in [6, 6.07) is 8.27. The molecule has 2 aromatic heterocycles. The molecule has 7 heteroatoms. The number of nitrogens with zero attached hydrogens (tertiary/aromatic N) is 5. The number of rotatable bonds is 6. The van der Waals surface area contributed by atoms with E-state index in [0.29, 0.717) is 24.3 Å². The highest BCUT2D eigenvalue weighted by Gasteiger charge is 2.28. The molecule has 0 bridgehead atoms. The molecule has 0 atom stereocenters. The zero-order valence-corrected chi connectivity index (χ0v) is 16.8. The maximum atomic E-state index is 13.1. The maximum Gasteiger partial charge on any atom is 0.332 e. The largest absolute Gasteiger partial charge is 0.332 e. The van der Waals surface area contributed by atoms with Crippen molar-refractivity contribution in [1.82, 2.24) is 18.7 Å². The lowest BCUT2D eigenvalue weighted by atomic mass is 10.2. The van der Waals surface area contributed by atoms with E-state index < -0.39 is 0 Å². The minimum Gasteiger partial charge on any atom is -0.310 e. The summed E-state index contributed by atoms with van der Waals surface area (Å²) >= 11 is 0. The molecule has 0 aliphatic carbocycles. The van der Waals surface area contributed by atoms with Gasteiger partial charge in [0, 0.05) is 32.4 Å². The van der Waals surface area contributed by atoms with Crippen LogP contribution in [0.4, 0.5) is 11.6 Å². The minimum atomic E-state index is -0.285. The van der Waals surface area contributed by atoms with Crippen LogP contribution in [0, 0.1) is 6.92 Å². The van der Waals surface area contributed by atoms with Crippen LogP contribution in [0.2, 0.25) is 0 Å². The van der Waals surface area contributed by atoms with E-state index in [1.807, 2.05) is 4.57 Å². The number of unbranched alkanes of at least 4 members (excludes halogenated alkanes) is 3. The molecule has 0 unspecified atom stereocenters. The van der Waals surface area contributed by atoms with E-state index in [1.54, 1.807) is 7.05 Å². The summed E-state index contributed by atoms with van der Waals surface area (Å²) in [5, 5.41) is 0. The van der Waals surface area contributed by atoms with E-state index in [1.165, 1.54) is 14.7 Å². The van der Waals surface area contributed by atoms with Crippen molar-refractivity contribution < 1.29 is 0 Å². The molecule has 3 aromatic rings. The molecule has 0 N–H and O–H groups in total. The van der Waals surface area contributed by atoms with E-state index in [9.17, 15) is 9.59 Å². The summed E-state index contributed by atoms with van der Waals surface area (Å²) in [5.74, 6) is 0.731. The Balaban J connectivity index is 1.79. The average Bonchev–Trinajstić information content (AvgIpc) is 3.26. The Hall–Kier alpha value is -2.83. The molecule has 0 saturated carbocycles. The van der Waals surface area contributed by atoms with Crippen molar-refractivity contribution in [2.45, 2.75) is 52.6 Å². The quantitative estimate of drug-likeness (QED) is 0.616. The van der Waals surface area contributed by atoms with Gasteiger partial charge in [0.25, 0.3) is 5.56 Å². The lowest BCUT2D eigenvalue weighted by molar-refractivity contribution is 0.538. The van der Waals surface area contributed by atoms with Crippen LogP contribution in [-0.2, 0) is 20.1 Å². The summed E-state index contributed by atoms with van der Waals surface area (Å²) in [7, 11) is 1.70. The second-order valence-corrected chi connectivity index (χ2v) is 7.58. The summed E-state index contributed by atoms with van der Waals surface area (Å²) in [4.78, 5) is 32.7. The van der Waals surface area contributed by atoms with Gasteiger partial charge < -0.3 is 9.47 Å². The number of aryl methyl sites for hydroxylation is 2. The van der Waals surface area contributed by atoms with E-state index >= 15 is 0 Å². The van der Waals surface area contributed by atoms with Gasteiger partial charge in [-0.25, -0.2) is 4.79 Å². The van der Waals surface area contributed by atoms with Crippen molar-refractivity contribution >= 4 is 22.8 Å². The molecule has 0 saturated heterocycles. The lowest BCUT2D eigenvalue weighted by Gasteiger charge is -2.16. The zero-order valence-electron chi connectivity index (χ0n) is 16.8. The van der Waals surface area contributed by atoms with Crippen LogP contribution in [0.15, 0.2) is 33.9 Å². The first kappa shape index (κ1) is 18.5. The van der Waals surface area contributed by atoms with Crippen LogP contribution >= 0.6 is 0 Å². The van der Waals surface area contributed by atoms with Gasteiger partial charge in [-0.05, 0) is 25.5 Å². The standard InChI is InChI=1S/C21H27N5O2/c1-4-5-6-7-12-26-19(27)17-18(23(3)21(26)28)22-20-24(13-14-25(17)20)16-10-8-15(2)9-11-16/h8-11H,4-7,12-14H2,1-3H3. The Labute approximate surface area is 163 Å². The van der Waals surface area contributed by atoms with Gasteiger partial charge in [0.1, 0.15) is 0 Å². The predicted molar refractivity (Wildman–Crippen MR) is 112 cm³/mol. The Morgan fingerprint density at radius 1 is 1.04 bits per heavy atom. The van der Waals surface area contributed by atoms with Crippen molar-refractivity contribution in [2.75, 3.05) is 11.4 Å². The molecule has 148 valence electrons. The Morgan fingerprint density at radius 3 is 2.50 bits per heavy atom. The molecule has 28 heavy (non-hydrogen) atoms. The first-order valence-electron chi connectivity index (χ1n) is 10.1. The van der Waals surface area contributed by atoms with E-state index in [0.717, 1.165) is 43.9 Å². The molecule has 1 aliphatic rings. The number of fused-ring (bicyclic) bond motifs is 3. The maximum absolute atomic E-state index is 13.1. The van der Waals surface area contributed by atoms with Crippen LogP contribution in [0.25, 0.3) is 11.2 Å². The minimum absolute atomic E-state index is 0.223. The van der Waals surface area contributed by atoms with Gasteiger partial charge in [0.05, 0.1) is 0 Å². The molecular weight excluding hydrogens is 354 g/mol. The normalized spacial score (nSPS) is 13.5. The fraction of sp³-hybridized carbons (Fsp3) is 0.476. The number of hydrogen-bond donors (Lipinski definition) is 0. The highest BCUT2D eigenvalue weighted by molar-refractivity contribution is 5.77. The third-order valence-corrected chi connectivity index (χ3v) is 5.58. The molecule has 1 aromatic carbocycles. The van der Waals surface area contributed by atoms with Crippen molar-refractivity contribution in [3.05, 3.63) is 50.7 Å². The highest BCUT2D eigenvalue weighted by Crippen LogP contribution is 2.31. The first-order valence-corrected chi connectivity index (χ1v) is 10.1. The second kappa shape index (κ2) is 7.30. The number of aromatic nitrogens is 4. The first-order chi connectivity index (χ1) is 13.5. The average molecular weight is 381 g/mol. The Kier molecular flexibility index (Phi) is 4.83. The van der Waals surface area contributed by atoms with Crippen LogP contribution in [0.5, 0.6) is 0 Å². The summed E-state index contributed by atoms with van der Waals surface area (Å²) in [5.41, 5.74) is 2.73. The van der Waals surface area contributed by atoms with E-state index in [-0.39, 0.29) is 11.2 Å². The van der Waals surface area contributed by atoms with Crippen molar-refractivity contribution in [3.63, 3.8) is 0 Å². The van der Waals surface area contributed by atoms with Gasteiger partial charge in [-0.2, -0.15) is 4.98 Å². The predicted octanol–water partition coefficient (Wildman–Crippen LogP) is 2.94. The van der Waals surface area contributed by atoms with Crippen LogP contribution in [0.3, 0.4) is 0 Å². The van der Waals surface area contributed by atoms with Gasteiger partial charge in [-0.15, -0.1) is 0 Å². The molecule has 7 nitrogen and oxygen atoms in total. The molecular formula is C21H27N5O2. The number of hydrogen-bond acceptors (Lipinski definition) is 4. The smallest absolute Gasteiger partial charge is 0.310 e. The van der Waals surface area contributed by atoms with Crippen LogP contribution in [-0.4, -0.2) is 25.2 Å². The number of anilines is 2. The fourth-order valence-corrected chi connectivity index (χ4v) is 3.94. The van der Waals surface area contributed by atoms with Gasteiger partial charge in [0.2, 0.25) is 5.95 Å². The van der Waals surface area contributed by atoms with Gasteiger partial charge in [-0.3, -0.25) is 13.9 Å². The SMILES string of the molecule is CCCCCCn1c(=O)c2c(nc3n2CCN3c2ccc(C)cc2)n(C)c1=O. The zero-order chi connectivity index (χ0) is 19.8. The van der Waals surface area contributed by atoms with Crippen molar-refractivity contribution in [1.29, 1.82) is 0 Å². The van der Waals surface area contributed by atoms with Crippen molar-refractivity contribution in [3.8, 4) is 0 Å². The molecule has 0 fully saturated rings. The summed E-state index contributed by atoms with van der Waals surface area (Å²) < 4.78 is 4.84. The lowest BCUT2D eigenvalue weighted by Crippen LogP contribution is -2.39. The highest BCUT2D eigenvalue weighted by atomic mass is 16.2. The van der Waals surface area contributed by atoms with Crippen molar-refractivity contribution in [2.24, 2.45) is 7.05 Å². The van der Waals surface area contributed by atoms with Gasteiger partial charge in [-0.1, -0.05) is 43.9 Å². The van der Waals surface area contributed by atoms with Crippen LogP contribution in [0.1, 0.15) is 38.2 Å². The van der Waals surface area contributed by atoms with E-state index in [4.69, 9.17) is 0 Å². The summed E-state index contributed by atoms with van der Waals surface area (Å²) in [6.45, 7) is 6.11. The van der Waals surface area contributed by atoms with Crippen LogP contribution < -0.4 is 16.1 Å². The molecule has 0 spiro atoms. The third-order valence-electron chi connectivity index (χ3n) is 5.58. The fourth-order valence-electron chi connectivity index (χ4n) is 3.94. The Morgan fingerprint density at radius 2 is 1.79 bits per heavy atom.